The Bertz CT molecular complexity index is 264. The first-order valence-corrected chi connectivity index (χ1v) is 6.90. The van der Waals surface area contributed by atoms with Crippen LogP contribution < -0.4 is 5.32 Å². The van der Waals surface area contributed by atoms with E-state index in [0.29, 0.717) is 18.7 Å². The monoisotopic (exact) mass is 241 g/mol. The van der Waals surface area contributed by atoms with Gasteiger partial charge in [0.25, 0.3) is 0 Å². The van der Waals surface area contributed by atoms with E-state index < -0.39 is 9.84 Å². The van der Waals surface area contributed by atoms with Crippen molar-refractivity contribution in [1.29, 1.82) is 0 Å². The summed E-state index contributed by atoms with van der Waals surface area (Å²) >= 11 is 5.40. The molecule has 0 spiro atoms. The van der Waals surface area contributed by atoms with Crippen molar-refractivity contribution in [3.8, 4) is 0 Å². The van der Waals surface area contributed by atoms with E-state index in [1.165, 1.54) is 0 Å². The fourth-order valence-electron chi connectivity index (χ4n) is 0.806. The second kappa shape index (κ2) is 7.06. The average molecular weight is 242 g/mol. The highest BCUT2D eigenvalue weighted by molar-refractivity contribution is 7.91. The standard InChI is InChI=1S/C8H16ClNO3S/c1-2-14(12,13)7-6-10-8(11)4-3-5-9/h2-7H2,1H3,(H,10,11). The van der Waals surface area contributed by atoms with Gasteiger partial charge in [-0.05, 0) is 6.42 Å². The molecule has 0 bridgehead atoms. The number of carbonyl (C=O) groups excluding carboxylic acids is 1. The van der Waals surface area contributed by atoms with Crippen molar-refractivity contribution < 1.29 is 13.2 Å². The molecule has 0 saturated carbocycles. The number of amides is 1. The highest BCUT2D eigenvalue weighted by Crippen LogP contribution is 1.92. The van der Waals surface area contributed by atoms with Gasteiger partial charge < -0.3 is 5.32 Å². The van der Waals surface area contributed by atoms with Gasteiger partial charge in [0, 0.05) is 24.6 Å². The molecule has 0 heterocycles. The van der Waals surface area contributed by atoms with E-state index in [-0.39, 0.29) is 24.0 Å². The largest absolute Gasteiger partial charge is 0.355 e. The fourth-order valence-corrected chi connectivity index (χ4v) is 1.64. The van der Waals surface area contributed by atoms with Gasteiger partial charge in [0.1, 0.15) is 0 Å². The topological polar surface area (TPSA) is 63.2 Å². The Morgan fingerprint density at radius 2 is 2.07 bits per heavy atom. The van der Waals surface area contributed by atoms with Gasteiger partial charge in [-0.3, -0.25) is 4.79 Å². The molecule has 1 amide bonds. The molecule has 0 unspecified atom stereocenters. The van der Waals surface area contributed by atoms with Gasteiger partial charge in [0.2, 0.25) is 5.91 Å². The predicted octanol–water partition coefficient (Wildman–Crippen LogP) is 0.556. The molecule has 14 heavy (non-hydrogen) atoms. The number of rotatable bonds is 7. The van der Waals surface area contributed by atoms with E-state index in [4.69, 9.17) is 11.6 Å². The number of nitrogens with one attached hydrogen (secondary N) is 1. The average Bonchev–Trinajstić information content (AvgIpc) is 2.14. The lowest BCUT2D eigenvalue weighted by Crippen LogP contribution is -2.29. The van der Waals surface area contributed by atoms with Crippen molar-refractivity contribution >= 4 is 27.3 Å². The van der Waals surface area contributed by atoms with Gasteiger partial charge in [-0.2, -0.15) is 0 Å². The third-order valence-corrected chi connectivity index (χ3v) is 3.69. The van der Waals surface area contributed by atoms with Crippen molar-refractivity contribution in [2.75, 3.05) is 23.9 Å². The zero-order valence-corrected chi connectivity index (χ0v) is 9.83. The summed E-state index contributed by atoms with van der Waals surface area (Å²) in [6.07, 6.45) is 0.976. The van der Waals surface area contributed by atoms with Crippen molar-refractivity contribution in [2.24, 2.45) is 0 Å². The molecule has 4 nitrogen and oxygen atoms in total. The van der Waals surface area contributed by atoms with Gasteiger partial charge in [0.15, 0.2) is 9.84 Å². The maximum atomic E-state index is 11.0. The van der Waals surface area contributed by atoms with E-state index in [1.807, 2.05) is 0 Å². The zero-order chi connectivity index (χ0) is 11.0. The van der Waals surface area contributed by atoms with Gasteiger partial charge in [-0.1, -0.05) is 6.92 Å². The van der Waals surface area contributed by atoms with Gasteiger partial charge >= 0.3 is 0 Å². The smallest absolute Gasteiger partial charge is 0.220 e. The molecule has 0 aliphatic rings. The van der Waals surface area contributed by atoms with E-state index in [9.17, 15) is 13.2 Å². The molecule has 1 N–H and O–H groups in total. The highest BCUT2D eigenvalue weighted by Gasteiger charge is 2.07. The second-order valence-electron chi connectivity index (χ2n) is 2.88. The summed E-state index contributed by atoms with van der Waals surface area (Å²) in [5.74, 6) is 0.429. The molecule has 0 radical (unpaired) electrons. The molecule has 0 aromatic rings. The Morgan fingerprint density at radius 1 is 1.43 bits per heavy atom. The van der Waals surface area contributed by atoms with E-state index >= 15 is 0 Å². The lowest BCUT2D eigenvalue weighted by Gasteiger charge is -2.04. The van der Waals surface area contributed by atoms with Crippen LogP contribution in [0.5, 0.6) is 0 Å². The molecular weight excluding hydrogens is 226 g/mol. The van der Waals surface area contributed by atoms with Crippen LogP contribution in [0.4, 0.5) is 0 Å². The Morgan fingerprint density at radius 3 is 2.57 bits per heavy atom. The number of hydrogen-bond donors (Lipinski definition) is 1. The Hall–Kier alpha value is -0.290. The number of carbonyl (C=O) groups is 1. The minimum absolute atomic E-state index is 0.0100. The minimum atomic E-state index is -2.98. The van der Waals surface area contributed by atoms with Crippen molar-refractivity contribution in [3.63, 3.8) is 0 Å². The lowest BCUT2D eigenvalue weighted by molar-refractivity contribution is -0.120. The molecule has 0 atom stereocenters. The first kappa shape index (κ1) is 13.7. The lowest BCUT2D eigenvalue weighted by atomic mass is 10.3. The van der Waals surface area contributed by atoms with Gasteiger partial charge in [0.05, 0.1) is 5.75 Å². The number of sulfone groups is 1. The van der Waals surface area contributed by atoms with Gasteiger partial charge in [-0.25, -0.2) is 8.42 Å². The van der Waals surface area contributed by atoms with E-state index in [2.05, 4.69) is 5.32 Å². The molecule has 0 fully saturated rings. The van der Waals surface area contributed by atoms with Crippen molar-refractivity contribution in [2.45, 2.75) is 19.8 Å². The quantitative estimate of drug-likeness (QED) is 0.663. The Balaban J connectivity index is 3.59. The Kier molecular flexibility index (Phi) is 6.92. The van der Waals surface area contributed by atoms with Crippen LogP contribution in [0.2, 0.25) is 0 Å². The van der Waals surface area contributed by atoms with E-state index in [0.717, 1.165) is 0 Å². The van der Waals surface area contributed by atoms with Crippen LogP contribution >= 0.6 is 11.6 Å². The summed E-state index contributed by atoms with van der Waals surface area (Å²) < 4.78 is 22.0. The SMILES string of the molecule is CCS(=O)(=O)CCNC(=O)CCCCl. The Labute approximate surface area is 89.9 Å². The first-order chi connectivity index (χ1) is 6.52. The van der Waals surface area contributed by atoms with Crippen LogP contribution in [0, 0.1) is 0 Å². The van der Waals surface area contributed by atoms with Crippen molar-refractivity contribution in [1.82, 2.24) is 5.32 Å². The van der Waals surface area contributed by atoms with Crippen LogP contribution in [0.1, 0.15) is 19.8 Å². The molecule has 0 aliphatic heterocycles. The predicted molar refractivity (Wildman–Crippen MR) is 57.3 cm³/mol. The van der Waals surface area contributed by atoms with Crippen LogP contribution in [0.3, 0.4) is 0 Å². The highest BCUT2D eigenvalue weighted by atomic mass is 35.5. The molecular formula is C8H16ClNO3S. The molecule has 6 heteroatoms. The minimum Gasteiger partial charge on any atom is -0.355 e. The number of halogens is 1. The maximum Gasteiger partial charge on any atom is 0.220 e. The fraction of sp³-hybridized carbons (Fsp3) is 0.875. The summed E-state index contributed by atoms with van der Waals surface area (Å²) in [5, 5.41) is 2.53. The zero-order valence-electron chi connectivity index (χ0n) is 8.25. The van der Waals surface area contributed by atoms with Crippen molar-refractivity contribution in [3.05, 3.63) is 0 Å². The summed E-state index contributed by atoms with van der Waals surface area (Å²) in [4.78, 5) is 11.0. The molecule has 0 aliphatic carbocycles. The third-order valence-electron chi connectivity index (χ3n) is 1.71. The molecule has 0 aromatic heterocycles. The van der Waals surface area contributed by atoms with Crippen LogP contribution in [-0.2, 0) is 14.6 Å². The van der Waals surface area contributed by atoms with E-state index in [1.54, 1.807) is 6.92 Å². The third kappa shape index (κ3) is 7.15. The normalized spacial score (nSPS) is 11.3. The molecule has 84 valence electrons. The first-order valence-electron chi connectivity index (χ1n) is 4.55. The summed E-state index contributed by atoms with van der Waals surface area (Å²) in [7, 11) is -2.98. The summed E-state index contributed by atoms with van der Waals surface area (Å²) in [6.45, 7) is 1.78. The van der Waals surface area contributed by atoms with Crippen LogP contribution in [0.15, 0.2) is 0 Å². The van der Waals surface area contributed by atoms with Crippen LogP contribution in [0.25, 0.3) is 0 Å². The maximum absolute atomic E-state index is 11.0. The molecule has 0 saturated heterocycles. The number of hydrogen-bond acceptors (Lipinski definition) is 3. The van der Waals surface area contributed by atoms with Gasteiger partial charge in [-0.15, -0.1) is 11.6 Å². The molecule has 0 rings (SSSR count). The number of alkyl halides is 1. The van der Waals surface area contributed by atoms with Crippen LogP contribution in [-0.4, -0.2) is 38.3 Å². The summed E-state index contributed by atoms with van der Waals surface area (Å²) in [6, 6.07) is 0. The molecule has 0 aromatic carbocycles. The summed E-state index contributed by atoms with van der Waals surface area (Å²) in [5.41, 5.74) is 0. The second-order valence-corrected chi connectivity index (χ2v) is 5.73.